The molecular formula is C17H22N6O2. The van der Waals surface area contributed by atoms with Crippen molar-refractivity contribution in [2.75, 3.05) is 0 Å². The lowest BCUT2D eigenvalue weighted by molar-refractivity contribution is -0.0642. The molecule has 8 heteroatoms. The first kappa shape index (κ1) is 15.0. The highest BCUT2D eigenvalue weighted by Crippen LogP contribution is 2.60. The van der Waals surface area contributed by atoms with Gasteiger partial charge < -0.3 is 0 Å². The Morgan fingerprint density at radius 2 is 1.80 bits per heavy atom. The smallest absolute Gasteiger partial charge is 0.293 e. The van der Waals surface area contributed by atoms with Gasteiger partial charge in [-0.1, -0.05) is 0 Å². The quantitative estimate of drug-likeness (QED) is 0.886. The molecular weight excluding hydrogens is 320 g/mol. The Kier molecular flexibility index (Phi) is 3.23. The molecule has 4 aliphatic rings. The monoisotopic (exact) mass is 342 g/mol. The number of hydrogen-bond donors (Lipinski definition) is 1. The average Bonchev–Trinajstić information content (AvgIpc) is 2.95. The molecule has 4 fully saturated rings. The second kappa shape index (κ2) is 5.37. The van der Waals surface area contributed by atoms with Crippen LogP contribution in [-0.4, -0.2) is 29.8 Å². The Morgan fingerprint density at radius 3 is 2.44 bits per heavy atom. The molecule has 1 N–H and O–H groups in total. The third-order valence-electron chi connectivity index (χ3n) is 6.46. The van der Waals surface area contributed by atoms with E-state index in [1.54, 1.807) is 0 Å². The van der Waals surface area contributed by atoms with Crippen LogP contribution in [0.3, 0.4) is 0 Å². The molecule has 4 bridgehead atoms. The minimum atomic E-state index is -0.433. The lowest BCUT2D eigenvalue weighted by Gasteiger charge is -2.56. The summed E-state index contributed by atoms with van der Waals surface area (Å²) < 4.78 is 3.31. The Labute approximate surface area is 144 Å². The minimum Gasteiger partial charge on any atom is -0.293 e. The molecule has 0 saturated heterocycles. The molecule has 0 radical (unpaired) electrons. The van der Waals surface area contributed by atoms with E-state index in [1.165, 1.54) is 55.4 Å². The molecule has 8 nitrogen and oxygen atoms in total. The van der Waals surface area contributed by atoms with Gasteiger partial charge in [0.2, 0.25) is 0 Å². The molecule has 0 amide bonds. The fourth-order valence-electron chi connectivity index (χ4n) is 5.98. The van der Waals surface area contributed by atoms with Crippen LogP contribution in [0.5, 0.6) is 0 Å². The summed E-state index contributed by atoms with van der Waals surface area (Å²) in [4.78, 5) is 25.4. The van der Waals surface area contributed by atoms with Crippen LogP contribution in [0.25, 0.3) is 0 Å². The summed E-state index contributed by atoms with van der Waals surface area (Å²) in [5.74, 6) is 3.32. The SMILES string of the molecule is O=c1ccn(Cc2nnnn2CC23CC4CC(CC(C4)C2)C3)c(=O)[nH]1. The van der Waals surface area contributed by atoms with E-state index in [4.69, 9.17) is 0 Å². The molecule has 6 rings (SSSR count). The first-order valence-electron chi connectivity index (χ1n) is 9.13. The zero-order chi connectivity index (χ0) is 17.0. The second-order valence-electron chi connectivity index (χ2n) is 8.41. The largest absolute Gasteiger partial charge is 0.328 e. The van der Waals surface area contributed by atoms with E-state index < -0.39 is 11.2 Å². The number of nitrogens with one attached hydrogen (secondary N) is 1. The fourth-order valence-corrected chi connectivity index (χ4v) is 5.98. The van der Waals surface area contributed by atoms with Crippen molar-refractivity contribution in [2.45, 2.75) is 51.6 Å². The van der Waals surface area contributed by atoms with Gasteiger partial charge in [-0.25, -0.2) is 9.48 Å². The molecule has 0 spiro atoms. The summed E-state index contributed by atoms with van der Waals surface area (Å²) in [5.41, 5.74) is -0.499. The van der Waals surface area contributed by atoms with Crippen LogP contribution in [0.2, 0.25) is 0 Å². The first-order valence-corrected chi connectivity index (χ1v) is 9.13. The van der Waals surface area contributed by atoms with Crippen molar-refractivity contribution in [1.82, 2.24) is 29.8 Å². The summed E-state index contributed by atoms with van der Waals surface area (Å²) in [5, 5.41) is 12.2. The minimum absolute atomic E-state index is 0.273. The van der Waals surface area contributed by atoms with Crippen LogP contribution in [0.15, 0.2) is 21.9 Å². The predicted molar refractivity (Wildman–Crippen MR) is 88.8 cm³/mol. The van der Waals surface area contributed by atoms with E-state index in [2.05, 4.69) is 20.5 Å². The van der Waals surface area contributed by atoms with Gasteiger partial charge in [-0.05, 0) is 72.1 Å². The van der Waals surface area contributed by atoms with E-state index in [0.29, 0.717) is 11.2 Å². The summed E-state index contributed by atoms with van der Waals surface area (Å²) in [6.07, 6.45) is 9.59. The Morgan fingerprint density at radius 1 is 1.12 bits per heavy atom. The maximum atomic E-state index is 11.9. The number of aromatic nitrogens is 6. The maximum Gasteiger partial charge on any atom is 0.328 e. The van der Waals surface area contributed by atoms with E-state index in [0.717, 1.165) is 24.3 Å². The van der Waals surface area contributed by atoms with Crippen molar-refractivity contribution in [3.8, 4) is 0 Å². The van der Waals surface area contributed by atoms with Gasteiger partial charge in [-0.15, -0.1) is 5.10 Å². The fraction of sp³-hybridized carbons (Fsp3) is 0.706. The summed E-state index contributed by atoms with van der Waals surface area (Å²) in [6, 6.07) is 1.34. The van der Waals surface area contributed by atoms with Gasteiger partial charge in [0.15, 0.2) is 5.82 Å². The number of hydrogen-bond acceptors (Lipinski definition) is 5. The number of rotatable bonds is 4. The number of nitrogens with zero attached hydrogens (tertiary/aromatic N) is 5. The first-order chi connectivity index (χ1) is 12.1. The van der Waals surface area contributed by atoms with Crippen LogP contribution < -0.4 is 11.2 Å². The topological polar surface area (TPSA) is 98.5 Å². The van der Waals surface area contributed by atoms with Gasteiger partial charge in [0.25, 0.3) is 5.56 Å². The molecule has 0 atom stereocenters. The van der Waals surface area contributed by atoms with Gasteiger partial charge in [-0.2, -0.15) is 0 Å². The van der Waals surface area contributed by atoms with Crippen molar-refractivity contribution in [3.63, 3.8) is 0 Å². The van der Waals surface area contributed by atoms with Gasteiger partial charge in [-0.3, -0.25) is 14.3 Å². The molecule has 4 aliphatic carbocycles. The lowest BCUT2D eigenvalue weighted by Crippen LogP contribution is -2.48. The van der Waals surface area contributed by atoms with E-state index in [1.807, 2.05) is 4.68 Å². The second-order valence-corrected chi connectivity index (χ2v) is 8.41. The number of tetrazole rings is 1. The van der Waals surface area contributed by atoms with Crippen LogP contribution in [0.4, 0.5) is 0 Å². The molecule has 132 valence electrons. The zero-order valence-electron chi connectivity index (χ0n) is 14.1. The molecule has 0 aliphatic heterocycles. The summed E-state index contributed by atoms with van der Waals surface area (Å²) >= 11 is 0. The third kappa shape index (κ3) is 2.63. The van der Waals surface area contributed by atoms with Crippen LogP contribution in [0.1, 0.15) is 44.3 Å². The zero-order valence-corrected chi connectivity index (χ0v) is 14.1. The van der Waals surface area contributed by atoms with Crippen LogP contribution >= 0.6 is 0 Å². The van der Waals surface area contributed by atoms with Crippen molar-refractivity contribution in [1.29, 1.82) is 0 Å². The van der Waals surface area contributed by atoms with Crippen molar-refractivity contribution in [2.24, 2.45) is 23.2 Å². The Bertz CT molecular complexity index is 875. The van der Waals surface area contributed by atoms with Gasteiger partial charge in [0, 0.05) is 12.3 Å². The number of H-pyrrole nitrogens is 1. The molecule has 2 aromatic heterocycles. The highest BCUT2D eigenvalue weighted by Gasteiger charge is 2.51. The van der Waals surface area contributed by atoms with Crippen LogP contribution in [-0.2, 0) is 13.1 Å². The average molecular weight is 342 g/mol. The highest BCUT2D eigenvalue weighted by atomic mass is 16.2. The molecule has 25 heavy (non-hydrogen) atoms. The van der Waals surface area contributed by atoms with E-state index in [9.17, 15) is 9.59 Å². The molecule has 0 unspecified atom stereocenters. The Balaban J connectivity index is 1.40. The van der Waals surface area contributed by atoms with Crippen molar-refractivity contribution in [3.05, 3.63) is 38.9 Å². The summed E-state index contributed by atoms with van der Waals surface area (Å²) in [6.45, 7) is 1.12. The predicted octanol–water partition coefficient (Wildman–Crippen LogP) is 0.788. The van der Waals surface area contributed by atoms with E-state index >= 15 is 0 Å². The molecule has 4 saturated carbocycles. The summed E-state index contributed by atoms with van der Waals surface area (Å²) in [7, 11) is 0. The van der Waals surface area contributed by atoms with Gasteiger partial charge in [0.1, 0.15) is 0 Å². The van der Waals surface area contributed by atoms with Crippen molar-refractivity contribution < 1.29 is 0 Å². The van der Waals surface area contributed by atoms with E-state index in [-0.39, 0.29) is 6.54 Å². The highest BCUT2D eigenvalue weighted by molar-refractivity contribution is 5.02. The van der Waals surface area contributed by atoms with Crippen LogP contribution in [0, 0.1) is 23.2 Å². The molecule has 0 aromatic carbocycles. The standard InChI is InChI=1S/C17H22N6O2/c24-15-1-2-22(16(25)18-15)9-14-19-20-21-23(14)10-17-6-11-3-12(7-17)5-13(4-11)8-17/h1-2,11-13H,3-10H2,(H,18,24,25). The Hall–Kier alpha value is -2.25. The van der Waals surface area contributed by atoms with Gasteiger partial charge in [0.05, 0.1) is 13.1 Å². The molecule has 2 heterocycles. The molecule has 2 aromatic rings. The van der Waals surface area contributed by atoms with Crippen molar-refractivity contribution >= 4 is 0 Å². The number of aromatic amines is 1. The normalized spacial score (nSPS) is 33.0. The lowest BCUT2D eigenvalue weighted by atomic mass is 9.49. The third-order valence-corrected chi connectivity index (χ3v) is 6.46. The van der Waals surface area contributed by atoms with Gasteiger partial charge >= 0.3 is 5.69 Å². The maximum absolute atomic E-state index is 11.9.